The van der Waals surface area contributed by atoms with Gasteiger partial charge in [-0.05, 0) is 23.8 Å². The smallest absolute Gasteiger partial charge is 0.333 e. The molecule has 0 unspecified atom stereocenters. The molecule has 0 fully saturated rings. The van der Waals surface area contributed by atoms with Crippen molar-refractivity contribution < 1.29 is 14.3 Å². The number of imidazole rings is 1. The van der Waals surface area contributed by atoms with E-state index in [0.717, 1.165) is 10.1 Å². The van der Waals surface area contributed by atoms with E-state index in [9.17, 15) is 19.2 Å². The number of fused-ring (bicyclic) bond motifs is 1. The van der Waals surface area contributed by atoms with Gasteiger partial charge in [0.2, 0.25) is 5.91 Å². The van der Waals surface area contributed by atoms with Crippen molar-refractivity contribution in [3.8, 4) is 0 Å². The molecule has 4 rings (SSSR count). The lowest BCUT2D eigenvalue weighted by molar-refractivity contribution is -0.116. The van der Waals surface area contributed by atoms with Crippen LogP contribution >= 0.6 is 0 Å². The summed E-state index contributed by atoms with van der Waals surface area (Å²) in [6, 6.07) is 15.7. The largest absolute Gasteiger partial charge is 0.383 e. The average Bonchev–Trinajstić information content (AvgIpc) is 3.32. The van der Waals surface area contributed by atoms with Gasteiger partial charge in [-0.2, -0.15) is 0 Å². The van der Waals surface area contributed by atoms with E-state index in [2.05, 4.69) is 15.6 Å². The minimum absolute atomic E-state index is 0.174. The molecule has 0 saturated carbocycles. The van der Waals surface area contributed by atoms with Crippen molar-refractivity contribution in [2.45, 2.75) is 19.6 Å². The van der Waals surface area contributed by atoms with Crippen LogP contribution in [0.15, 0.2) is 70.5 Å². The van der Waals surface area contributed by atoms with E-state index >= 15 is 0 Å². The second-order valence-corrected chi connectivity index (χ2v) is 8.06. The third kappa shape index (κ3) is 5.10. The van der Waals surface area contributed by atoms with Crippen molar-refractivity contribution >= 4 is 28.7 Å². The highest BCUT2D eigenvalue weighted by molar-refractivity contribution is 5.97. The van der Waals surface area contributed by atoms with Crippen LogP contribution in [-0.2, 0) is 29.2 Å². The van der Waals surface area contributed by atoms with E-state index in [1.165, 1.54) is 24.0 Å². The lowest BCUT2D eigenvalue weighted by Crippen LogP contribution is -2.43. The van der Waals surface area contributed by atoms with Crippen LogP contribution in [0, 0.1) is 0 Å². The summed E-state index contributed by atoms with van der Waals surface area (Å²) in [7, 11) is 3.06. The summed E-state index contributed by atoms with van der Waals surface area (Å²) < 4.78 is 9.03. The van der Waals surface area contributed by atoms with E-state index in [-0.39, 0.29) is 23.6 Å². The monoisotopic (exact) mass is 490 g/mol. The number of nitrogens with zero attached hydrogens (tertiary/aromatic N) is 4. The Bertz CT molecular complexity index is 1520. The third-order valence-corrected chi connectivity index (χ3v) is 5.64. The molecule has 0 aliphatic carbocycles. The minimum Gasteiger partial charge on any atom is -0.383 e. The summed E-state index contributed by atoms with van der Waals surface area (Å²) in [6.45, 7) is 0.352. The van der Waals surface area contributed by atoms with Crippen LogP contribution in [0.3, 0.4) is 0 Å². The second-order valence-electron chi connectivity index (χ2n) is 8.06. The number of aromatic nitrogens is 4. The van der Waals surface area contributed by atoms with Crippen LogP contribution in [0.4, 0.5) is 5.69 Å². The lowest BCUT2D eigenvalue weighted by Gasteiger charge is -2.13. The Kier molecular flexibility index (Phi) is 7.40. The summed E-state index contributed by atoms with van der Waals surface area (Å²) >= 11 is 0. The molecule has 2 heterocycles. The van der Waals surface area contributed by atoms with Gasteiger partial charge in [0.15, 0.2) is 11.2 Å². The first kappa shape index (κ1) is 24.6. The average molecular weight is 491 g/mol. The molecule has 0 radical (unpaired) electrons. The Balaban J connectivity index is 1.73. The van der Waals surface area contributed by atoms with Gasteiger partial charge in [0, 0.05) is 32.0 Å². The van der Waals surface area contributed by atoms with E-state index < -0.39 is 23.7 Å². The number of amides is 2. The fraction of sp³-hybridized carbons (Fsp3) is 0.240. The maximum atomic E-state index is 13.4. The molecule has 0 aliphatic heterocycles. The molecule has 0 saturated heterocycles. The van der Waals surface area contributed by atoms with E-state index in [1.54, 1.807) is 29.9 Å². The number of ether oxygens (including phenoxy) is 1. The van der Waals surface area contributed by atoms with E-state index in [4.69, 9.17) is 4.74 Å². The summed E-state index contributed by atoms with van der Waals surface area (Å²) in [6.07, 6.45) is 1.49. The van der Waals surface area contributed by atoms with Crippen LogP contribution < -0.4 is 21.9 Å². The summed E-state index contributed by atoms with van der Waals surface area (Å²) in [5.41, 5.74) is 0.737. The van der Waals surface area contributed by atoms with Gasteiger partial charge in [0.25, 0.3) is 11.5 Å². The number of methoxy groups -OCH3 is 1. The number of carbonyl (C=O) groups is 2. The number of anilines is 1. The maximum Gasteiger partial charge on any atom is 0.333 e. The normalized spacial score (nSPS) is 10.9. The molecular weight excluding hydrogens is 464 g/mol. The van der Waals surface area contributed by atoms with Gasteiger partial charge in [-0.25, -0.2) is 14.3 Å². The standard InChI is InChI=1S/C25H26N6O5/c1-26-23(33)18-9-6-10-19(13-18)28-20(32)15-31-24(34)21-22(27-16-29(21)11-12-36-2)30(25(31)35)14-17-7-4-3-5-8-17/h3-10,13,16H,11-12,14-15H2,1-2H3,(H,26,33)(H,28,32). The topological polar surface area (TPSA) is 129 Å². The highest BCUT2D eigenvalue weighted by Crippen LogP contribution is 2.12. The Morgan fingerprint density at radius 1 is 1.03 bits per heavy atom. The fourth-order valence-electron chi connectivity index (χ4n) is 3.87. The molecule has 2 aromatic carbocycles. The molecule has 11 nitrogen and oxygen atoms in total. The number of rotatable bonds is 9. The molecule has 2 aromatic heterocycles. The Hall–Kier alpha value is -4.51. The Morgan fingerprint density at radius 2 is 1.81 bits per heavy atom. The summed E-state index contributed by atoms with van der Waals surface area (Å²) in [5.74, 6) is -0.891. The van der Waals surface area contributed by atoms with Crippen LogP contribution in [0.2, 0.25) is 0 Å². The molecule has 0 bridgehead atoms. The van der Waals surface area contributed by atoms with Crippen molar-refractivity contribution in [3.63, 3.8) is 0 Å². The van der Waals surface area contributed by atoms with Crippen molar-refractivity contribution in [2.75, 3.05) is 26.1 Å². The molecule has 2 amide bonds. The number of hydrogen-bond acceptors (Lipinski definition) is 6. The number of nitrogens with one attached hydrogen (secondary N) is 2. The Labute approximate surface area is 206 Å². The van der Waals surface area contributed by atoms with Crippen LogP contribution in [0.1, 0.15) is 15.9 Å². The minimum atomic E-state index is -0.650. The first-order valence-electron chi connectivity index (χ1n) is 11.3. The molecule has 36 heavy (non-hydrogen) atoms. The second kappa shape index (κ2) is 10.8. The zero-order valence-corrected chi connectivity index (χ0v) is 19.9. The van der Waals surface area contributed by atoms with Gasteiger partial charge < -0.3 is 19.9 Å². The van der Waals surface area contributed by atoms with Crippen molar-refractivity contribution in [1.29, 1.82) is 0 Å². The maximum absolute atomic E-state index is 13.4. The first-order chi connectivity index (χ1) is 17.4. The van der Waals surface area contributed by atoms with Gasteiger partial charge in [0.1, 0.15) is 6.54 Å². The highest BCUT2D eigenvalue weighted by Gasteiger charge is 2.20. The molecule has 0 atom stereocenters. The number of carbonyl (C=O) groups excluding carboxylic acids is 2. The van der Waals surface area contributed by atoms with Gasteiger partial charge in [0.05, 0.1) is 19.5 Å². The van der Waals surface area contributed by atoms with E-state index in [0.29, 0.717) is 24.4 Å². The van der Waals surface area contributed by atoms with Crippen molar-refractivity contribution in [1.82, 2.24) is 24.0 Å². The predicted molar refractivity (Wildman–Crippen MR) is 134 cm³/mol. The van der Waals surface area contributed by atoms with Gasteiger partial charge in [-0.15, -0.1) is 0 Å². The van der Waals surface area contributed by atoms with Crippen molar-refractivity contribution in [3.05, 3.63) is 92.9 Å². The van der Waals surface area contributed by atoms with Gasteiger partial charge in [-0.3, -0.25) is 19.0 Å². The zero-order valence-electron chi connectivity index (χ0n) is 19.9. The Morgan fingerprint density at radius 3 is 2.53 bits per heavy atom. The predicted octanol–water partition coefficient (Wildman–Crippen LogP) is 1.05. The van der Waals surface area contributed by atoms with Gasteiger partial charge >= 0.3 is 5.69 Å². The molecule has 4 aromatic rings. The van der Waals surface area contributed by atoms with Gasteiger partial charge in [-0.1, -0.05) is 36.4 Å². The van der Waals surface area contributed by atoms with Crippen molar-refractivity contribution in [2.24, 2.45) is 0 Å². The molecule has 11 heteroatoms. The molecule has 186 valence electrons. The van der Waals surface area contributed by atoms with Crippen LogP contribution in [0.5, 0.6) is 0 Å². The fourth-order valence-corrected chi connectivity index (χ4v) is 3.87. The van der Waals surface area contributed by atoms with Crippen LogP contribution in [-0.4, -0.2) is 51.3 Å². The highest BCUT2D eigenvalue weighted by atomic mass is 16.5. The molecule has 0 aliphatic rings. The SMILES string of the molecule is CNC(=O)c1cccc(NC(=O)Cn2c(=O)c3c(ncn3CCOC)n(Cc3ccccc3)c2=O)c1. The molecule has 2 N–H and O–H groups in total. The number of benzene rings is 2. The summed E-state index contributed by atoms with van der Waals surface area (Å²) in [5, 5.41) is 5.17. The third-order valence-electron chi connectivity index (χ3n) is 5.64. The summed E-state index contributed by atoms with van der Waals surface area (Å²) in [4.78, 5) is 55.9. The van der Waals surface area contributed by atoms with Crippen LogP contribution in [0.25, 0.3) is 11.2 Å². The molecular formula is C25H26N6O5. The number of hydrogen-bond donors (Lipinski definition) is 2. The lowest BCUT2D eigenvalue weighted by atomic mass is 10.2. The quantitative estimate of drug-likeness (QED) is 0.361. The first-order valence-corrected chi connectivity index (χ1v) is 11.3. The zero-order chi connectivity index (χ0) is 25.7. The van der Waals surface area contributed by atoms with E-state index in [1.807, 2.05) is 30.3 Å². The molecule has 0 spiro atoms.